The number of rotatable bonds is 5. The Balaban J connectivity index is 1.78. The van der Waals surface area contributed by atoms with Crippen LogP contribution in [0.1, 0.15) is 18.1 Å². The number of hydrogen-bond acceptors (Lipinski definition) is 4. The van der Waals surface area contributed by atoms with Crippen LogP contribution in [0.3, 0.4) is 0 Å². The van der Waals surface area contributed by atoms with Crippen LogP contribution in [0, 0.1) is 3.57 Å². The zero-order valence-electron chi connectivity index (χ0n) is 13.9. The molecule has 0 unspecified atom stereocenters. The van der Waals surface area contributed by atoms with Crippen molar-refractivity contribution in [2.24, 2.45) is 0 Å². The van der Waals surface area contributed by atoms with E-state index in [0.717, 1.165) is 36.7 Å². The van der Waals surface area contributed by atoms with Crippen molar-refractivity contribution in [3.8, 4) is 5.75 Å². The van der Waals surface area contributed by atoms with Gasteiger partial charge in [0.2, 0.25) is 0 Å². The Morgan fingerprint density at radius 2 is 1.92 bits per heavy atom. The lowest BCUT2D eigenvalue weighted by Gasteiger charge is -2.12. The normalized spacial score (nSPS) is 15.8. The van der Waals surface area contributed by atoms with Gasteiger partial charge in [-0.15, -0.1) is 0 Å². The number of hydrogen-bond donors (Lipinski definition) is 0. The minimum Gasteiger partial charge on any atom is -0.493 e. The van der Waals surface area contributed by atoms with Crippen molar-refractivity contribution < 1.29 is 14.3 Å². The molecule has 1 aliphatic rings. The van der Waals surface area contributed by atoms with Gasteiger partial charge in [-0.05, 0) is 98.7 Å². The molecule has 0 aliphatic carbocycles. The highest BCUT2D eigenvalue weighted by Crippen LogP contribution is 2.34. The lowest BCUT2D eigenvalue weighted by atomic mass is 10.2. The Bertz CT molecular complexity index is 883. The van der Waals surface area contributed by atoms with Crippen LogP contribution in [-0.4, -0.2) is 22.7 Å². The van der Waals surface area contributed by atoms with E-state index in [2.05, 4.69) is 38.5 Å². The molecule has 0 saturated carbocycles. The average Bonchev–Trinajstić information content (AvgIpc) is 2.87. The molecule has 0 radical (unpaired) electrons. The van der Waals surface area contributed by atoms with Crippen molar-refractivity contribution in [2.75, 3.05) is 6.61 Å². The summed E-state index contributed by atoms with van der Waals surface area (Å²) in [6, 6.07) is 13.4. The van der Waals surface area contributed by atoms with Crippen LogP contribution in [0.5, 0.6) is 5.75 Å². The van der Waals surface area contributed by atoms with Gasteiger partial charge in [-0.25, -0.2) is 0 Å². The number of nitrogens with zero attached hydrogens (tertiary/aromatic N) is 1. The fraction of sp³-hybridized carbons (Fsp3) is 0.158. The largest absolute Gasteiger partial charge is 0.493 e. The van der Waals surface area contributed by atoms with E-state index in [4.69, 9.17) is 4.74 Å². The number of imide groups is 1. The maximum absolute atomic E-state index is 12.6. The van der Waals surface area contributed by atoms with Crippen molar-refractivity contribution in [1.82, 2.24) is 4.90 Å². The van der Waals surface area contributed by atoms with Gasteiger partial charge in [0.1, 0.15) is 5.75 Å². The molecule has 0 atom stereocenters. The Labute approximate surface area is 178 Å². The second kappa shape index (κ2) is 8.58. The van der Waals surface area contributed by atoms with Gasteiger partial charge in [-0.2, -0.15) is 0 Å². The van der Waals surface area contributed by atoms with E-state index in [1.54, 1.807) is 6.08 Å². The molecule has 0 spiro atoms. The van der Waals surface area contributed by atoms with Gasteiger partial charge in [0.15, 0.2) is 0 Å². The van der Waals surface area contributed by atoms with E-state index >= 15 is 0 Å². The SMILES string of the molecule is CCOc1ccc(/C=C2\SC(=O)N(Cc3ccc(I)cc3)C2=O)cc1Br. The molecule has 2 amide bonds. The summed E-state index contributed by atoms with van der Waals surface area (Å²) in [6.07, 6.45) is 1.74. The number of thioether (sulfide) groups is 1. The Hall–Kier alpha value is -1.32. The van der Waals surface area contributed by atoms with Gasteiger partial charge in [0.05, 0.1) is 22.5 Å². The van der Waals surface area contributed by atoms with Crippen molar-refractivity contribution in [3.05, 3.63) is 66.5 Å². The van der Waals surface area contributed by atoms with Gasteiger partial charge in [-0.3, -0.25) is 14.5 Å². The number of carbonyl (C=O) groups is 2. The summed E-state index contributed by atoms with van der Waals surface area (Å²) >= 11 is 6.65. The summed E-state index contributed by atoms with van der Waals surface area (Å²) in [5.74, 6) is 0.486. The summed E-state index contributed by atoms with van der Waals surface area (Å²) in [7, 11) is 0. The standard InChI is InChI=1S/C19H15BrINO3S/c1-2-25-16-8-5-13(9-15(16)20)10-17-18(23)22(19(24)26-17)11-12-3-6-14(21)7-4-12/h3-10H,2,11H2,1H3/b17-10-. The molecule has 0 N–H and O–H groups in total. The van der Waals surface area contributed by atoms with Gasteiger partial charge in [0, 0.05) is 3.57 Å². The zero-order valence-corrected chi connectivity index (χ0v) is 18.4. The van der Waals surface area contributed by atoms with Crippen LogP contribution in [0.15, 0.2) is 51.8 Å². The third kappa shape index (κ3) is 4.50. The molecule has 1 fully saturated rings. The fourth-order valence-corrected chi connectivity index (χ4v) is 4.15. The van der Waals surface area contributed by atoms with Gasteiger partial charge in [0.25, 0.3) is 11.1 Å². The van der Waals surface area contributed by atoms with E-state index in [0.29, 0.717) is 11.5 Å². The van der Waals surface area contributed by atoms with Crippen molar-refractivity contribution in [1.29, 1.82) is 0 Å². The molecule has 7 heteroatoms. The lowest BCUT2D eigenvalue weighted by Crippen LogP contribution is -2.27. The first-order valence-corrected chi connectivity index (χ1v) is 10.6. The zero-order chi connectivity index (χ0) is 18.7. The van der Waals surface area contributed by atoms with Crippen molar-refractivity contribution in [2.45, 2.75) is 13.5 Å². The Morgan fingerprint density at radius 1 is 1.19 bits per heavy atom. The lowest BCUT2D eigenvalue weighted by molar-refractivity contribution is -0.123. The summed E-state index contributed by atoms with van der Waals surface area (Å²) in [5.41, 5.74) is 1.76. The molecule has 134 valence electrons. The highest BCUT2D eigenvalue weighted by atomic mass is 127. The molecular formula is C19H15BrINO3S. The molecule has 1 saturated heterocycles. The van der Waals surface area contributed by atoms with Crippen molar-refractivity contribution >= 4 is 67.5 Å². The second-order valence-electron chi connectivity index (χ2n) is 5.52. The number of carbonyl (C=O) groups excluding carboxylic acids is 2. The molecule has 0 aromatic heterocycles. The second-order valence-corrected chi connectivity index (χ2v) is 8.61. The van der Waals surface area contributed by atoms with E-state index in [1.807, 2.05) is 49.4 Å². The monoisotopic (exact) mass is 543 g/mol. The molecular weight excluding hydrogens is 529 g/mol. The summed E-state index contributed by atoms with van der Waals surface area (Å²) in [5, 5.41) is -0.246. The van der Waals surface area contributed by atoms with E-state index in [1.165, 1.54) is 4.90 Å². The molecule has 1 aliphatic heterocycles. The fourth-order valence-electron chi connectivity index (χ4n) is 2.44. The van der Waals surface area contributed by atoms with Crippen molar-refractivity contribution in [3.63, 3.8) is 0 Å². The molecule has 26 heavy (non-hydrogen) atoms. The minimum atomic E-state index is -0.261. The molecule has 3 rings (SSSR count). The maximum atomic E-state index is 12.6. The molecule has 4 nitrogen and oxygen atoms in total. The topological polar surface area (TPSA) is 46.6 Å². The summed E-state index contributed by atoms with van der Waals surface area (Å²) in [4.78, 5) is 26.6. The summed E-state index contributed by atoms with van der Waals surface area (Å²) in [6.45, 7) is 2.78. The molecule has 2 aromatic carbocycles. The van der Waals surface area contributed by atoms with Gasteiger partial charge >= 0.3 is 0 Å². The average molecular weight is 544 g/mol. The highest BCUT2D eigenvalue weighted by Gasteiger charge is 2.34. The Morgan fingerprint density at radius 3 is 2.58 bits per heavy atom. The predicted molar refractivity (Wildman–Crippen MR) is 116 cm³/mol. The first-order valence-electron chi connectivity index (χ1n) is 7.90. The molecule has 2 aromatic rings. The number of benzene rings is 2. The highest BCUT2D eigenvalue weighted by molar-refractivity contribution is 14.1. The van der Waals surface area contributed by atoms with Crippen LogP contribution in [0.2, 0.25) is 0 Å². The van der Waals surface area contributed by atoms with Crippen LogP contribution >= 0.6 is 50.3 Å². The summed E-state index contributed by atoms with van der Waals surface area (Å²) < 4.78 is 7.41. The van der Waals surface area contributed by atoms with Gasteiger partial charge in [-0.1, -0.05) is 18.2 Å². The van der Waals surface area contributed by atoms with E-state index < -0.39 is 0 Å². The van der Waals surface area contributed by atoms with E-state index in [9.17, 15) is 9.59 Å². The van der Waals surface area contributed by atoms with Crippen LogP contribution < -0.4 is 4.74 Å². The number of halogens is 2. The maximum Gasteiger partial charge on any atom is 0.293 e. The number of amides is 2. The van der Waals surface area contributed by atoms with E-state index in [-0.39, 0.29) is 17.7 Å². The number of ether oxygens (including phenoxy) is 1. The van der Waals surface area contributed by atoms with Crippen LogP contribution in [0.25, 0.3) is 6.08 Å². The smallest absolute Gasteiger partial charge is 0.293 e. The van der Waals surface area contributed by atoms with Crippen LogP contribution in [0.4, 0.5) is 4.79 Å². The predicted octanol–water partition coefficient (Wildman–Crippen LogP) is 5.69. The van der Waals surface area contributed by atoms with Gasteiger partial charge < -0.3 is 4.74 Å². The molecule has 0 bridgehead atoms. The molecule has 1 heterocycles. The third-order valence-electron chi connectivity index (χ3n) is 3.68. The third-order valence-corrected chi connectivity index (χ3v) is 5.93. The van der Waals surface area contributed by atoms with Crippen LogP contribution in [-0.2, 0) is 11.3 Å². The Kier molecular flexibility index (Phi) is 6.42. The first kappa shape index (κ1) is 19.4. The quantitative estimate of drug-likeness (QED) is 0.359. The first-order chi connectivity index (χ1) is 12.5. The minimum absolute atomic E-state index is 0.246.